The summed E-state index contributed by atoms with van der Waals surface area (Å²) >= 11 is 0. The summed E-state index contributed by atoms with van der Waals surface area (Å²) < 4.78 is 62.0. The molecule has 0 aliphatic heterocycles. The van der Waals surface area contributed by atoms with Crippen molar-refractivity contribution >= 4 is 0 Å². The minimum absolute atomic E-state index is 0.411. The molecule has 0 aliphatic rings. The van der Waals surface area contributed by atoms with Gasteiger partial charge in [-0.05, 0) is 6.07 Å². The number of benzene rings is 1. The summed E-state index contributed by atoms with van der Waals surface area (Å²) in [4.78, 5) is 0. The smallest absolute Gasteiger partial charge is 0.388 e. The Bertz CT molecular complexity index is 393. The molecular weight excluding hydrogens is 245 g/mol. The Hall–Kier alpha value is -1.21. The number of hydrogen-bond donors (Lipinski definition) is 2. The van der Waals surface area contributed by atoms with Crippen LogP contribution in [0.3, 0.4) is 0 Å². The van der Waals surface area contributed by atoms with Crippen LogP contribution in [-0.4, -0.2) is 17.3 Å². The number of halogens is 5. The fraction of sp³-hybridized carbons (Fsp3) is 0.400. The monoisotopic (exact) mass is 255 g/mol. The molecule has 0 amide bonds. The first-order valence-electron chi connectivity index (χ1n) is 4.67. The topological polar surface area (TPSA) is 46.2 Å². The average Bonchev–Trinajstić information content (AvgIpc) is 2.15. The molecule has 0 saturated heterocycles. The molecule has 0 aromatic heterocycles. The van der Waals surface area contributed by atoms with Crippen LogP contribution >= 0.6 is 0 Å². The third kappa shape index (κ3) is 3.64. The molecule has 0 spiro atoms. The van der Waals surface area contributed by atoms with E-state index in [-0.39, 0.29) is 0 Å². The first-order valence-corrected chi connectivity index (χ1v) is 4.67. The maximum Gasteiger partial charge on any atom is 0.403 e. The Kier molecular flexibility index (Phi) is 4.05. The van der Waals surface area contributed by atoms with E-state index in [0.717, 1.165) is 12.1 Å². The van der Waals surface area contributed by atoms with Gasteiger partial charge in [-0.15, -0.1) is 0 Å². The maximum atomic E-state index is 13.1. The zero-order chi connectivity index (χ0) is 13.2. The lowest BCUT2D eigenvalue weighted by Gasteiger charge is -2.19. The van der Waals surface area contributed by atoms with Gasteiger partial charge in [0, 0.05) is 18.1 Å². The molecular formula is C10H10F5NO. The molecule has 1 aromatic carbocycles. The number of aliphatic hydroxyl groups excluding tert-OH is 1. The third-order valence-corrected chi connectivity index (χ3v) is 2.22. The summed E-state index contributed by atoms with van der Waals surface area (Å²) in [7, 11) is 0. The van der Waals surface area contributed by atoms with Crippen LogP contribution in [0.5, 0.6) is 0 Å². The Morgan fingerprint density at radius 1 is 1.24 bits per heavy atom. The van der Waals surface area contributed by atoms with Crippen molar-refractivity contribution in [1.82, 2.24) is 0 Å². The molecule has 0 saturated carbocycles. The van der Waals surface area contributed by atoms with Gasteiger partial charge in [0.1, 0.15) is 17.7 Å². The summed E-state index contributed by atoms with van der Waals surface area (Å²) in [6.45, 7) is 0. The molecule has 0 fully saturated rings. The Balaban J connectivity index is 2.80. The first kappa shape index (κ1) is 13.9. The van der Waals surface area contributed by atoms with Crippen LogP contribution in [0.2, 0.25) is 0 Å². The SMILES string of the molecule is N[C@@H](C[C@H](O)c1ccc(F)cc1F)C(F)(F)F. The van der Waals surface area contributed by atoms with E-state index in [0.29, 0.717) is 6.07 Å². The molecule has 17 heavy (non-hydrogen) atoms. The molecule has 2 atom stereocenters. The largest absolute Gasteiger partial charge is 0.403 e. The lowest BCUT2D eigenvalue weighted by molar-refractivity contribution is -0.154. The predicted molar refractivity (Wildman–Crippen MR) is 50.0 cm³/mol. The van der Waals surface area contributed by atoms with Gasteiger partial charge in [-0.25, -0.2) is 8.78 Å². The molecule has 1 rings (SSSR count). The van der Waals surface area contributed by atoms with E-state index in [1.54, 1.807) is 0 Å². The van der Waals surface area contributed by atoms with Gasteiger partial charge in [0.15, 0.2) is 0 Å². The van der Waals surface area contributed by atoms with Gasteiger partial charge in [-0.3, -0.25) is 0 Å². The van der Waals surface area contributed by atoms with E-state index in [4.69, 9.17) is 5.73 Å². The van der Waals surface area contributed by atoms with Crippen LogP contribution < -0.4 is 5.73 Å². The zero-order valence-corrected chi connectivity index (χ0v) is 8.51. The fourth-order valence-corrected chi connectivity index (χ4v) is 1.27. The minimum atomic E-state index is -4.67. The summed E-state index contributed by atoms with van der Waals surface area (Å²) in [5.41, 5.74) is 4.38. The fourth-order valence-electron chi connectivity index (χ4n) is 1.27. The van der Waals surface area contributed by atoms with Crippen molar-refractivity contribution in [1.29, 1.82) is 0 Å². The van der Waals surface area contributed by atoms with Crippen LogP contribution in [-0.2, 0) is 0 Å². The van der Waals surface area contributed by atoms with Gasteiger partial charge in [0.05, 0.1) is 6.10 Å². The van der Waals surface area contributed by atoms with Gasteiger partial charge >= 0.3 is 6.18 Å². The second kappa shape index (κ2) is 4.97. The second-order valence-electron chi connectivity index (χ2n) is 3.57. The van der Waals surface area contributed by atoms with Crippen LogP contribution in [0.4, 0.5) is 22.0 Å². The second-order valence-corrected chi connectivity index (χ2v) is 3.57. The summed E-state index contributed by atoms with van der Waals surface area (Å²) in [5.74, 6) is -1.98. The van der Waals surface area contributed by atoms with Crippen molar-refractivity contribution in [3.63, 3.8) is 0 Å². The number of rotatable bonds is 3. The van der Waals surface area contributed by atoms with E-state index in [2.05, 4.69) is 0 Å². The van der Waals surface area contributed by atoms with Crippen LogP contribution in [0.25, 0.3) is 0 Å². The van der Waals surface area contributed by atoms with Crippen molar-refractivity contribution in [2.45, 2.75) is 24.7 Å². The highest BCUT2D eigenvalue weighted by Gasteiger charge is 2.38. The van der Waals surface area contributed by atoms with Gasteiger partial charge in [-0.1, -0.05) is 6.07 Å². The first-order chi connectivity index (χ1) is 7.71. The highest BCUT2D eigenvalue weighted by atomic mass is 19.4. The number of alkyl halides is 3. The van der Waals surface area contributed by atoms with Crippen molar-refractivity contribution in [2.75, 3.05) is 0 Å². The van der Waals surface area contributed by atoms with Crippen molar-refractivity contribution in [3.05, 3.63) is 35.4 Å². The minimum Gasteiger partial charge on any atom is -0.388 e. The van der Waals surface area contributed by atoms with Gasteiger partial charge in [0.2, 0.25) is 0 Å². The van der Waals surface area contributed by atoms with Crippen LogP contribution in [0, 0.1) is 11.6 Å². The number of aliphatic hydroxyl groups is 1. The molecule has 2 nitrogen and oxygen atoms in total. The highest BCUT2D eigenvalue weighted by molar-refractivity contribution is 5.21. The molecule has 96 valence electrons. The maximum absolute atomic E-state index is 13.1. The molecule has 7 heteroatoms. The lowest BCUT2D eigenvalue weighted by atomic mass is 10.0. The number of nitrogens with two attached hydrogens (primary N) is 1. The van der Waals surface area contributed by atoms with Gasteiger partial charge < -0.3 is 10.8 Å². The molecule has 0 unspecified atom stereocenters. The lowest BCUT2D eigenvalue weighted by Crippen LogP contribution is -2.38. The summed E-state index contributed by atoms with van der Waals surface area (Å²) in [6, 6.07) is -0.0430. The standard InChI is InChI=1S/C10H10F5NO/c11-5-1-2-6(7(12)3-5)8(17)4-9(16)10(13,14)15/h1-3,8-9,17H,4,16H2/t8-,9-/m0/s1. The molecule has 1 aromatic rings. The molecule has 0 radical (unpaired) electrons. The predicted octanol–water partition coefficient (Wildman–Crippen LogP) is 2.28. The highest BCUT2D eigenvalue weighted by Crippen LogP contribution is 2.28. The quantitative estimate of drug-likeness (QED) is 0.814. The zero-order valence-electron chi connectivity index (χ0n) is 8.51. The van der Waals surface area contributed by atoms with Crippen molar-refractivity contribution in [2.24, 2.45) is 5.73 Å². The van der Waals surface area contributed by atoms with Crippen molar-refractivity contribution < 1.29 is 27.1 Å². The summed E-state index contributed by atoms with van der Waals surface area (Å²) in [5, 5.41) is 9.38. The Morgan fingerprint density at radius 2 is 1.82 bits per heavy atom. The number of hydrogen-bond acceptors (Lipinski definition) is 2. The Morgan fingerprint density at radius 3 is 2.29 bits per heavy atom. The molecule has 0 bridgehead atoms. The van der Waals surface area contributed by atoms with Crippen molar-refractivity contribution in [3.8, 4) is 0 Å². The van der Waals surface area contributed by atoms with E-state index in [1.807, 2.05) is 0 Å². The molecule has 0 aliphatic carbocycles. The Labute approximate surface area is 93.9 Å². The van der Waals surface area contributed by atoms with E-state index in [9.17, 15) is 27.1 Å². The van der Waals surface area contributed by atoms with E-state index >= 15 is 0 Å². The third-order valence-electron chi connectivity index (χ3n) is 2.22. The van der Waals surface area contributed by atoms with E-state index in [1.165, 1.54) is 0 Å². The molecule has 0 heterocycles. The van der Waals surface area contributed by atoms with Gasteiger partial charge in [0.25, 0.3) is 0 Å². The average molecular weight is 255 g/mol. The summed E-state index contributed by atoms with van der Waals surface area (Å²) in [6.07, 6.45) is -7.28. The normalized spacial score (nSPS) is 15.7. The van der Waals surface area contributed by atoms with Gasteiger partial charge in [-0.2, -0.15) is 13.2 Å². The van der Waals surface area contributed by atoms with Crippen LogP contribution in [0.15, 0.2) is 18.2 Å². The van der Waals surface area contributed by atoms with E-state index < -0.39 is 41.9 Å². The van der Waals surface area contributed by atoms with Crippen LogP contribution in [0.1, 0.15) is 18.1 Å². The molecule has 3 N–H and O–H groups in total.